The second-order valence-corrected chi connectivity index (χ2v) is 5.15. The van der Waals surface area contributed by atoms with Gasteiger partial charge in [0, 0.05) is 18.8 Å². The Morgan fingerprint density at radius 2 is 2.16 bits per heavy atom. The van der Waals surface area contributed by atoms with Crippen molar-refractivity contribution in [3.63, 3.8) is 0 Å². The van der Waals surface area contributed by atoms with Gasteiger partial charge in [-0.05, 0) is 39.2 Å². The number of rotatable bonds is 6. The van der Waals surface area contributed by atoms with Gasteiger partial charge in [0.25, 0.3) is 0 Å². The monoisotopic (exact) mass is 265 g/mol. The predicted octanol–water partition coefficient (Wildman–Crippen LogP) is 0.871. The Bertz CT molecular complexity index is 503. The van der Waals surface area contributed by atoms with Crippen LogP contribution in [0, 0.1) is 19.3 Å². The summed E-state index contributed by atoms with van der Waals surface area (Å²) < 4.78 is 1.89. The summed E-state index contributed by atoms with van der Waals surface area (Å²) in [6.45, 7) is 5.13. The molecule has 2 rings (SSSR count). The van der Waals surface area contributed by atoms with Crippen molar-refractivity contribution in [1.82, 2.24) is 15.1 Å². The van der Waals surface area contributed by atoms with E-state index in [1.807, 2.05) is 24.6 Å². The van der Waals surface area contributed by atoms with Crippen LogP contribution in [0.5, 0.6) is 0 Å². The van der Waals surface area contributed by atoms with E-state index in [1.54, 1.807) is 0 Å². The molecule has 0 atom stereocenters. The highest BCUT2D eigenvalue weighted by Gasteiger charge is 2.56. The Labute approximate surface area is 111 Å². The highest BCUT2D eigenvalue weighted by molar-refractivity contribution is 6.04. The summed E-state index contributed by atoms with van der Waals surface area (Å²) in [5.41, 5.74) is 0.926. The average molecular weight is 265 g/mol. The zero-order valence-electron chi connectivity index (χ0n) is 11.3. The van der Waals surface area contributed by atoms with Gasteiger partial charge in [0.2, 0.25) is 5.91 Å². The summed E-state index contributed by atoms with van der Waals surface area (Å²) in [5, 5.41) is 16.0. The van der Waals surface area contributed by atoms with Gasteiger partial charge in [-0.25, -0.2) is 0 Å². The molecule has 0 bridgehead atoms. The van der Waals surface area contributed by atoms with Crippen molar-refractivity contribution >= 4 is 11.9 Å². The molecule has 6 nitrogen and oxygen atoms in total. The van der Waals surface area contributed by atoms with Crippen LogP contribution >= 0.6 is 0 Å². The second kappa shape index (κ2) is 5.03. The van der Waals surface area contributed by atoms with Crippen LogP contribution in [0.15, 0.2) is 6.07 Å². The van der Waals surface area contributed by atoms with Crippen molar-refractivity contribution in [3.8, 4) is 0 Å². The van der Waals surface area contributed by atoms with Crippen molar-refractivity contribution in [2.24, 2.45) is 5.41 Å². The van der Waals surface area contributed by atoms with Crippen molar-refractivity contribution < 1.29 is 14.7 Å². The molecular formula is C13H19N3O3. The molecule has 1 aliphatic carbocycles. The fourth-order valence-electron chi connectivity index (χ4n) is 2.16. The number of hydrogen-bond donors (Lipinski definition) is 2. The van der Waals surface area contributed by atoms with E-state index in [-0.39, 0.29) is 5.91 Å². The third kappa shape index (κ3) is 2.77. The molecule has 0 spiro atoms. The van der Waals surface area contributed by atoms with Crippen LogP contribution in [0.25, 0.3) is 0 Å². The van der Waals surface area contributed by atoms with Gasteiger partial charge in [-0.2, -0.15) is 5.10 Å². The molecule has 0 aliphatic heterocycles. The number of carboxylic acid groups (broad SMARTS) is 1. The second-order valence-electron chi connectivity index (χ2n) is 5.15. The van der Waals surface area contributed by atoms with E-state index >= 15 is 0 Å². The van der Waals surface area contributed by atoms with E-state index in [1.165, 1.54) is 0 Å². The fourth-order valence-corrected chi connectivity index (χ4v) is 2.16. The summed E-state index contributed by atoms with van der Waals surface area (Å²) >= 11 is 0. The molecule has 1 aliphatic rings. The molecule has 2 N–H and O–H groups in total. The Hall–Kier alpha value is -1.85. The van der Waals surface area contributed by atoms with Gasteiger partial charge in [-0.3, -0.25) is 14.3 Å². The maximum Gasteiger partial charge on any atom is 0.319 e. The van der Waals surface area contributed by atoms with Crippen molar-refractivity contribution in [2.45, 2.75) is 39.7 Å². The topological polar surface area (TPSA) is 84.2 Å². The number of amides is 1. The number of aliphatic carboxylic acids is 1. The van der Waals surface area contributed by atoms with Crippen LogP contribution in [0.2, 0.25) is 0 Å². The molecule has 1 fully saturated rings. The lowest BCUT2D eigenvalue weighted by atomic mass is 10.1. The maximum atomic E-state index is 11.7. The summed E-state index contributed by atoms with van der Waals surface area (Å²) in [7, 11) is 0. The molecule has 0 unspecified atom stereocenters. The van der Waals surface area contributed by atoms with Gasteiger partial charge < -0.3 is 10.4 Å². The Balaban J connectivity index is 1.74. The van der Waals surface area contributed by atoms with E-state index in [0.717, 1.165) is 24.4 Å². The molecule has 1 aromatic heterocycles. The molecule has 1 saturated carbocycles. The minimum Gasteiger partial charge on any atom is -0.480 e. The molecule has 0 radical (unpaired) electrons. The number of carboxylic acids is 1. The number of hydrogen-bond acceptors (Lipinski definition) is 3. The van der Waals surface area contributed by atoms with E-state index in [4.69, 9.17) is 5.11 Å². The Kier molecular flexibility index (Phi) is 3.59. The first-order chi connectivity index (χ1) is 8.95. The standard InChI is InChI=1S/C13H19N3O3/c1-9-8-10(2)16(15-9)7-3-6-14-11(17)13(4-5-13)12(18)19/h8H,3-7H2,1-2H3,(H,14,17)(H,18,19). The number of aryl methyl sites for hydroxylation is 3. The number of carbonyl (C=O) groups excluding carboxylic acids is 1. The number of carbonyl (C=O) groups is 2. The highest BCUT2D eigenvalue weighted by atomic mass is 16.4. The van der Waals surface area contributed by atoms with E-state index in [2.05, 4.69) is 10.4 Å². The van der Waals surface area contributed by atoms with Gasteiger partial charge in [0.1, 0.15) is 5.41 Å². The molecule has 1 amide bonds. The lowest BCUT2D eigenvalue weighted by Gasteiger charge is -2.11. The van der Waals surface area contributed by atoms with Crippen molar-refractivity contribution in [2.75, 3.05) is 6.54 Å². The minimum absolute atomic E-state index is 0.353. The van der Waals surface area contributed by atoms with Crippen LogP contribution in [-0.2, 0) is 16.1 Å². The first kappa shape index (κ1) is 13.6. The molecule has 0 aromatic carbocycles. The van der Waals surface area contributed by atoms with Crippen LogP contribution in [-0.4, -0.2) is 33.3 Å². The molecule has 6 heteroatoms. The largest absolute Gasteiger partial charge is 0.480 e. The number of nitrogens with one attached hydrogen (secondary N) is 1. The van der Waals surface area contributed by atoms with Gasteiger partial charge in [-0.15, -0.1) is 0 Å². The molecule has 0 saturated heterocycles. The smallest absolute Gasteiger partial charge is 0.319 e. The molecule has 19 heavy (non-hydrogen) atoms. The molecule has 1 aromatic rings. The van der Waals surface area contributed by atoms with Gasteiger partial charge in [0.15, 0.2) is 0 Å². The lowest BCUT2D eigenvalue weighted by molar-refractivity contribution is -0.149. The molecule has 1 heterocycles. The summed E-state index contributed by atoms with van der Waals surface area (Å²) in [6.07, 6.45) is 1.64. The minimum atomic E-state index is -1.14. The van der Waals surface area contributed by atoms with Crippen LogP contribution < -0.4 is 5.32 Å². The third-order valence-electron chi connectivity index (χ3n) is 3.53. The molecule has 104 valence electrons. The SMILES string of the molecule is Cc1cc(C)n(CCCNC(=O)C2(C(=O)O)CC2)n1. The quantitative estimate of drug-likeness (QED) is 0.590. The fraction of sp³-hybridized carbons (Fsp3) is 0.615. The summed E-state index contributed by atoms with van der Waals surface area (Å²) in [4.78, 5) is 22.7. The van der Waals surface area contributed by atoms with E-state index in [9.17, 15) is 9.59 Å². The van der Waals surface area contributed by atoms with Crippen molar-refractivity contribution in [1.29, 1.82) is 0 Å². The number of nitrogens with zero attached hydrogens (tertiary/aromatic N) is 2. The first-order valence-corrected chi connectivity index (χ1v) is 6.48. The van der Waals surface area contributed by atoms with E-state index in [0.29, 0.717) is 19.4 Å². The summed E-state index contributed by atoms with van der Waals surface area (Å²) in [5.74, 6) is -1.36. The normalized spacial score (nSPS) is 16.1. The van der Waals surface area contributed by atoms with Crippen LogP contribution in [0.4, 0.5) is 0 Å². The van der Waals surface area contributed by atoms with Gasteiger partial charge in [0.05, 0.1) is 5.69 Å². The average Bonchev–Trinajstić information content (AvgIpc) is 3.08. The lowest BCUT2D eigenvalue weighted by Crippen LogP contribution is -2.37. The zero-order valence-corrected chi connectivity index (χ0v) is 11.3. The van der Waals surface area contributed by atoms with Gasteiger partial charge in [-0.1, -0.05) is 0 Å². The summed E-state index contributed by atoms with van der Waals surface area (Å²) in [6, 6.07) is 2.00. The maximum absolute atomic E-state index is 11.7. The highest BCUT2D eigenvalue weighted by Crippen LogP contribution is 2.45. The molecular weight excluding hydrogens is 246 g/mol. The van der Waals surface area contributed by atoms with Crippen molar-refractivity contribution in [3.05, 3.63) is 17.5 Å². The zero-order chi connectivity index (χ0) is 14.0. The van der Waals surface area contributed by atoms with Crippen LogP contribution in [0.1, 0.15) is 30.7 Å². The first-order valence-electron chi connectivity index (χ1n) is 6.48. The van der Waals surface area contributed by atoms with Gasteiger partial charge >= 0.3 is 5.97 Å². The third-order valence-corrected chi connectivity index (χ3v) is 3.53. The predicted molar refractivity (Wildman–Crippen MR) is 68.6 cm³/mol. The van der Waals surface area contributed by atoms with Crippen LogP contribution in [0.3, 0.4) is 0 Å². The number of aromatic nitrogens is 2. The van der Waals surface area contributed by atoms with E-state index < -0.39 is 11.4 Å². The Morgan fingerprint density at radius 1 is 1.47 bits per heavy atom. The Morgan fingerprint density at radius 3 is 2.63 bits per heavy atom.